The molecule has 0 aliphatic carbocycles. The van der Waals surface area contributed by atoms with Crippen LogP contribution in [0.5, 0.6) is 11.5 Å². The normalized spacial score (nSPS) is 11.4. The number of aromatic nitrogens is 4. The Balaban J connectivity index is 1.59. The Morgan fingerprint density at radius 2 is 1.76 bits per heavy atom. The third-order valence-corrected chi connectivity index (χ3v) is 5.47. The van der Waals surface area contributed by atoms with Crippen LogP contribution in [0, 0.1) is 0 Å². The molecular formula is C25H23ClN6O5. The van der Waals surface area contributed by atoms with Gasteiger partial charge in [0.05, 0.1) is 18.4 Å². The lowest BCUT2D eigenvalue weighted by atomic mass is 10.2. The molecule has 4 aromatic rings. The van der Waals surface area contributed by atoms with Crippen molar-refractivity contribution < 1.29 is 14.6 Å². The SMILES string of the molecule is CCn1c(=O)[nH]/c(=N\c2ccc(Oc3ccc(NCC(=O)O)nc3)cc2)n(Cc2ccc(Cl)cc2)c1=O. The van der Waals surface area contributed by atoms with Crippen molar-refractivity contribution in [2.45, 2.75) is 20.0 Å². The maximum absolute atomic E-state index is 13.0. The fourth-order valence-electron chi connectivity index (χ4n) is 3.39. The fourth-order valence-corrected chi connectivity index (χ4v) is 3.52. The van der Waals surface area contributed by atoms with E-state index in [1.807, 2.05) is 0 Å². The van der Waals surface area contributed by atoms with Crippen LogP contribution in [0.3, 0.4) is 0 Å². The number of ether oxygens (including phenoxy) is 1. The van der Waals surface area contributed by atoms with E-state index in [2.05, 4.69) is 20.3 Å². The molecule has 0 unspecified atom stereocenters. The van der Waals surface area contributed by atoms with Gasteiger partial charge in [-0.2, -0.15) is 0 Å². The first kappa shape index (κ1) is 25.5. The highest BCUT2D eigenvalue weighted by molar-refractivity contribution is 6.30. The zero-order valence-corrected chi connectivity index (χ0v) is 20.5. The quantitative estimate of drug-likeness (QED) is 0.306. The summed E-state index contributed by atoms with van der Waals surface area (Å²) < 4.78 is 8.26. The van der Waals surface area contributed by atoms with E-state index in [1.165, 1.54) is 10.8 Å². The molecule has 190 valence electrons. The second-order valence-electron chi connectivity index (χ2n) is 7.83. The van der Waals surface area contributed by atoms with Crippen LogP contribution in [0.2, 0.25) is 5.02 Å². The molecule has 2 aromatic carbocycles. The monoisotopic (exact) mass is 522 g/mol. The second kappa shape index (κ2) is 11.4. The molecule has 11 nitrogen and oxygen atoms in total. The predicted octanol–water partition coefficient (Wildman–Crippen LogP) is 2.98. The van der Waals surface area contributed by atoms with Gasteiger partial charge in [0.1, 0.15) is 23.9 Å². The summed E-state index contributed by atoms with van der Waals surface area (Å²) >= 11 is 5.97. The third-order valence-electron chi connectivity index (χ3n) is 5.22. The van der Waals surface area contributed by atoms with E-state index in [0.717, 1.165) is 10.1 Å². The maximum atomic E-state index is 13.0. The molecule has 0 spiro atoms. The second-order valence-corrected chi connectivity index (χ2v) is 8.26. The van der Waals surface area contributed by atoms with Gasteiger partial charge < -0.3 is 15.2 Å². The van der Waals surface area contributed by atoms with E-state index in [-0.39, 0.29) is 25.3 Å². The van der Waals surface area contributed by atoms with Crippen LogP contribution < -0.4 is 27.1 Å². The summed E-state index contributed by atoms with van der Waals surface area (Å²) in [5.74, 6) is 0.392. The number of H-pyrrole nitrogens is 1. The first-order chi connectivity index (χ1) is 17.8. The average Bonchev–Trinajstić information content (AvgIpc) is 2.88. The Morgan fingerprint density at radius 3 is 2.38 bits per heavy atom. The molecule has 0 atom stereocenters. The molecule has 0 saturated carbocycles. The molecular weight excluding hydrogens is 500 g/mol. The Bertz CT molecular complexity index is 1570. The minimum absolute atomic E-state index is 0.108. The molecule has 37 heavy (non-hydrogen) atoms. The smallest absolute Gasteiger partial charge is 0.335 e. The van der Waals surface area contributed by atoms with Gasteiger partial charge in [0.15, 0.2) is 0 Å². The van der Waals surface area contributed by atoms with Crippen molar-refractivity contribution in [2.24, 2.45) is 4.99 Å². The van der Waals surface area contributed by atoms with E-state index in [4.69, 9.17) is 21.4 Å². The van der Waals surface area contributed by atoms with Crippen molar-refractivity contribution in [3.05, 3.63) is 104 Å². The van der Waals surface area contributed by atoms with Crippen molar-refractivity contribution in [3.8, 4) is 11.5 Å². The van der Waals surface area contributed by atoms with Gasteiger partial charge >= 0.3 is 17.3 Å². The van der Waals surface area contributed by atoms with Gasteiger partial charge in [-0.1, -0.05) is 23.7 Å². The highest BCUT2D eigenvalue weighted by atomic mass is 35.5. The molecule has 4 rings (SSSR count). The number of halogens is 1. The number of hydrogen-bond donors (Lipinski definition) is 3. The van der Waals surface area contributed by atoms with Crippen LogP contribution in [0.25, 0.3) is 0 Å². The van der Waals surface area contributed by atoms with Crippen molar-refractivity contribution in [3.63, 3.8) is 0 Å². The molecule has 3 N–H and O–H groups in total. The number of aliphatic carboxylic acids is 1. The Kier molecular flexibility index (Phi) is 7.84. The lowest BCUT2D eigenvalue weighted by Crippen LogP contribution is -2.49. The van der Waals surface area contributed by atoms with Crippen LogP contribution in [0.4, 0.5) is 11.5 Å². The lowest BCUT2D eigenvalue weighted by Gasteiger charge is -2.10. The van der Waals surface area contributed by atoms with Gasteiger partial charge in [0.2, 0.25) is 5.62 Å². The van der Waals surface area contributed by atoms with Gasteiger partial charge in [-0.15, -0.1) is 0 Å². The summed E-state index contributed by atoms with van der Waals surface area (Å²) in [6.45, 7) is 1.88. The van der Waals surface area contributed by atoms with Gasteiger partial charge in [0.25, 0.3) is 0 Å². The summed E-state index contributed by atoms with van der Waals surface area (Å²) in [5, 5.41) is 12.0. The van der Waals surface area contributed by atoms with Crippen molar-refractivity contribution in [1.82, 2.24) is 19.1 Å². The van der Waals surface area contributed by atoms with Gasteiger partial charge in [-0.25, -0.2) is 24.1 Å². The van der Waals surface area contributed by atoms with E-state index >= 15 is 0 Å². The summed E-state index contributed by atoms with van der Waals surface area (Å²) in [4.78, 5) is 47.4. The molecule has 0 aliphatic heterocycles. The molecule has 0 aliphatic rings. The first-order valence-electron chi connectivity index (χ1n) is 11.2. The van der Waals surface area contributed by atoms with Crippen LogP contribution in [0.1, 0.15) is 12.5 Å². The van der Waals surface area contributed by atoms with Gasteiger partial charge in [0, 0.05) is 11.6 Å². The first-order valence-corrected chi connectivity index (χ1v) is 11.6. The zero-order valence-electron chi connectivity index (χ0n) is 19.7. The minimum atomic E-state index is -0.987. The van der Waals surface area contributed by atoms with E-state index in [9.17, 15) is 14.4 Å². The molecule has 2 heterocycles. The summed E-state index contributed by atoms with van der Waals surface area (Å²) in [7, 11) is 0. The number of rotatable bonds is 9. The minimum Gasteiger partial charge on any atom is -0.480 e. The number of hydrogen-bond acceptors (Lipinski definition) is 7. The van der Waals surface area contributed by atoms with Gasteiger partial charge in [-0.3, -0.25) is 14.3 Å². The molecule has 0 bridgehead atoms. The highest BCUT2D eigenvalue weighted by Crippen LogP contribution is 2.24. The summed E-state index contributed by atoms with van der Waals surface area (Å²) in [6.07, 6.45) is 1.47. The zero-order chi connectivity index (χ0) is 26.4. The number of anilines is 1. The number of benzene rings is 2. The largest absolute Gasteiger partial charge is 0.480 e. The van der Waals surface area contributed by atoms with Crippen molar-refractivity contribution >= 4 is 29.1 Å². The lowest BCUT2D eigenvalue weighted by molar-refractivity contribution is -0.134. The average molecular weight is 523 g/mol. The molecule has 2 aromatic heterocycles. The van der Waals surface area contributed by atoms with E-state index in [0.29, 0.717) is 28.0 Å². The highest BCUT2D eigenvalue weighted by Gasteiger charge is 2.09. The third kappa shape index (κ3) is 6.53. The number of pyridine rings is 1. The number of carboxylic acids is 1. The van der Waals surface area contributed by atoms with Crippen LogP contribution in [-0.2, 0) is 17.9 Å². The number of aromatic amines is 1. The standard InChI is InChI=1S/C25H23ClN6O5/c1-2-31-24(35)30-23(32(25(31)36)15-16-3-5-17(26)6-4-16)29-18-7-9-19(10-8-18)37-20-11-12-21(27-13-20)28-14-22(33)34/h3-13H,2,14-15H2,1H3,(H,27,28)(H,33,34)(H,29,30,35). The topological polar surface area (TPSA) is 144 Å². The summed E-state index contributed by atoms with van der Waals surface area (Å²) in [5.41, 5.74) is 0.394. The Labute approximate surface area is 215 Å². The molecule has 0 radical (unpaired) electrons. The number of carboxylic acid groups (broad SMARTS) is 1. The fraction of sp³-hybridized carbons (Fsp3) is 0.160. The van der Waals surface area contributed by atoms with Crippen molar-refractivity contribution in [1.29, 1.82) is 0 Å². The molecule has 0 saturated heterocycles. The van der Waals surface area contributed by atoms with Crippen molar-refractivity contribution in [2.75, 3.05) is 11.9 Å². The van der Waals surface area contributed by atoms with Crippen LogP contribution in [0.15, 0.2) is 81.4 Å². The number of nitrogens with zero attached hydrogens (tertiary/aromatic N) is 4. The maximum Gasteiger partial charge on any atom is 0.335 e. The van der Waals surface area contributed by atoms with Crippen LogP contribution >= 0.6 is 11.6 Å². The predicted molar refractivity (Wildman–Crippen MR) is 138 cm³/mol. The Morgan fingerprint density at radius 1 is 1.05 bits per heavy atom. The van der Waals surface area contributed by atoms with Gasteiger partial charge in [-0.05, 0) is 61.0 Å². The molecule has 12 heteroatoms. The Hall–Kier alpha value is -4.64. The molecule has 0 fully saturated rings. The number of carbonyl (C=O) groups is 1. The molecule has 0 amide bonds. The van der Waals surface area contributed by atoms with Crippen LogP contribution in [-0.4, -0.2) is 36.7 Å². The van der Waals surface area contributed by atoms with E-state index < -0.39 is 17.3 Å². The summed E-state index contributed by atoms with van der Waals surface area (Å²) in [6, 6.07) is 17.1. The number of nitrogens with one attached hydrogen (secondary N) is 2. The van der Waals surface area contributed by atoms with E-state index in [1.54, 1.807) is 67.6 Å².